The number of rotatable bonds is 9. The third kappa shape index (κ3) is 5.73. The van der Waals surface area contributed by atoms with Gasteiger partial charge in [0.25, 0.3) is 0 Å². The van der Waals surface area contributed by atoms with E-state index >= 15 is 0 Å². The monoisotopic (exact) mass is 438 g/mol. The van der Waals surface area contributed by atoms with Gasteiger partial charge in [0.1, 0.15) is 5.82 Å². The zero-order chi connectivity index (χ0) is 22.2. The zero-order valence-corrected chi connectivity index (χ0v) is 18.6. The van der Waals surface area contributed by atoms with E-state index in [-0.39, 0.29) is 18.4 Å². The van der Waals surface area contributed by atoms with Crippen LogP contribution >= 0.6 is 11.6 Å². The minimum absolute atomic E-state index is 0.00104. The predicted octanol–water partition coefficient (Wildman–Crippen LogP) is 5.17. The van der Waals surface area contributed by atoms with Crippen LogP contribution in [0.4, 0.5) is 5.82 Å². The highest BCUT2D eigenvalue weighted by molar-refractivity contribution is 6.32. The molecule has 2 aromatic carbocycles. The van der Waals surface area contributed by atoms with E-state index in [1.54, 1.807) is 15.6 Å². The molecular formula is C24H27ClN4O2. The molecule has 3 aromatic rings. The van der Waals surface area contributed by atoms with Crippen molar-refractivity contribution < 1.29 is 9.59 Å². The van der Waals surface area contributed by atoms with Crippen molar-refractivity contribution in [1.82, 2.24) is 14.7 Å². The van der Waals surface area contributed by atoms with Crippen LogP contribution in [0.1, 0.15) is 33.1 Å². The summed E-state index contributed by atoms with van der Waals surface area (Å²) in [5.74, 6) is 0.214. The van der Waals surface area contributed by atoms with Crippen molar-refractivity contribution in [2.24, 2.45) is 0 Å². The molecule has 0 saturated heterocycles. The fraction of sp³-hybridized carbons (Fsp3) is 0.292. The predicted molar refractivity (Wildman–Crippen MR) is 124 cm³/mol. The smallest absolute Gasteiger partial charge is 0.245 e. The maximum absolute atomic E-state index is 12.8. The molecule has 1 heterocycles. The topological polar surface area (TPSA) is 67.2 Å². The number of aromatic nitrogens is 2. The van der Waals surface area contributed by atoms with Crippen LogP contribution in [-0.4, -0.2) is 39.6 Å². The Kier molecular flexibility index (Phi) is 7.84. The molecule has 7 heteroatoms. The Balaban J connectivity index is 1.90. The molecule has 0 bridgehead atoms. The Morgan fingerprint density at radius 3 is 2.42 bits per heavy atom. The summed E-state index contributed by atoms with van der Waals surface area (Å²) < 4.78 is 1.63. The van der Waals surface area contributed by atoms with E-state index in [0.29, 0.717) is 35.2 Å². The van der Waals surface area contributed by atoms with Crippen molar-refractivity contribution in [3.8, 4) is 16.9 Å². The first-order valence-electron chi connectivity index (χ1n) is 10.5. The Bertz CT molecular complexity index is 1030. The van der Waals surface area contributed by atoms with Crippen molar-refractivity contribution in [2.75, 3.05) is 18.4 Å². The largest absolute Gasteiger partial charge is 0.333 e. The van der Waals surface area contributed by atoms with Crippen LogP contribution in [0.2, 0.25) is 5.02 Å². The standard InChI is InChI=1S/C24H27ClN4O2/c1-3-10-24(31)28(15-4-2)17-23(30)26-22-16-20(18-11-6-5-7-12-18)27-29(22)21-14-9-8-13-19(21)25/h5-9,11-14,16H,3-4,10,15,17H2,1-2H3,(H,26,30). The minimum atomic E-state index is -0.272. The highest BCUT2D eigenvalue weighted by Crippen LogP contribution is 2.28. The second-order valence-electron chi connectivity index (χ2n) is 7.26. The Hall–Kier alpha value is -3.12. The fourth-order valence-corrected chi connectivity index (χ4v) is 3.53. The summed E-state index contributed by atoms with van der Waals surface area (Å²) in [5, 5.41) is 8.12. The van der Waals surface area contributed by atoms with Crippen LogP contribution in [0.25, 0.3) is 16.9 Å². The highest BCUT2D eigenvalue weighted by Gasteiger charge is 2.19. The lowest BCUT2D eigenvalue weighted by molar-refractivity contribution is -0.134. The maximum Gasteiger partial charge on any atom is 0.245 e. The number of hydrogen-bond acceptors (Lipinski definition) is 3. The van der Waals surface area contributed by atoms with E-state index in [1.165, 1.54) is 0 Å². The molecule has 31 heavy (non-hydrogen) atoms. The second-order valence-corrected chi connectivity index (χ2v) is 7.66. The summed E-state index contributed by atoms with van der Waals surface area (Å²) in [6.07, 6.45) is 1.97. The second kappa shape index (κ2) is 10.8. The van der Waals surface area contributed by atoms with Crippen LogP contribution in [0.5, 0.6) is 0 Å². The van der Waals surface area contributed by atoms with Crippen molar-refractivity contribution in [3.63, 3.8) is 0 Å². The number of hydrogen-bond donors (Lipinski definition) is 1. The van der Waals surface area contributed by atoms with Crippen LogP contribution in [-0.2, 0) is 9.59 Å². The number of anilines is 1. The number of carbonyl (C=O) groups is 2. The quantitative estimate of drug-likeness (QED) is 0.501. The van der Waals surface area contributed by atoms with Crippen molar-refractivity contribution >= 4 is 29.2 Å². The van der Waals surface area contributed by atoms with Crippen LogP contribution in [0.15, 0.2) is 60.7 Å². The SMILES string of the molecule is CCCC(=O)N(CCC)CC(=O)Nc1cc(-c2ccccc2)nn1-c1ccccc1Cl. The van der Waals surface area contributed by atoms with Gasteiger partial charge in [-0.2, -0.15) is 5.10 Å². The first-order chi connectivity index (χ1) is 15.0. The third-order valence-electron chi connectivity index (χ3n) is 4.77. The molecule has 3 rings (SSSR count). The molecule has 1 aromatic heterocycles. The van der Waals surface area contributed by atoms with Gasteiger partial charge in [0, 0.05) is 24.6 Å². The Morgan fingerprint density at radius 2 is 1.74 bits per heavy atom. The first-order valence-corrected chi connectivity index (χ1v) is 10.9. The summed E-state index contributed by atoms with van der Waals surface area (Å²) in [6.45, 7) is 4.49. The van der Waals surface area contributed by atoms with Crippen LogP contribution in [0, 0.1) is 0 Å². The van der Waals surface area contributed by atoms with Gasteiger partial charge >= 0.3 is 0 Å². The van der Waals surface area contributed by atoms with Gasteiger partial charge in [0.2, 0.25) is 11.8 Å². The van der Waals surface area contributed by atoms with E-state index in [0.717, 1.165) is 18.4 Å². The van der Waals surface area contributed by atoms with Crippen molar-refractivity contribution in [1.29, 1.82) is 0 Å². The third-order valence-corrected chi connectivity index (χ3v) is 5.09. The van der Waals surface area contributed by atoms with E-state index < -0.39 is 0 Å². The number of para-hydroxylation sites is 1. The van der Waals surface area contributed by atoms with Gasteiger partial charge in [-0.3, -0.25) is 9.59 Å². The molecule has 0 saturated carbocycles. The molecule has 162 valence electrons. The molecular weight excluding hydrogens is 412 g/mol. The fourth-order valence-electron chi connectivity index (χ4n) is 3.32. The average molecular weight is 439 g/mol. The molecule has 0 radical (unpaired) electrons. The number of benzene rings is 2. The molecule has 0 aliphatic rings. The molecule has 0 unspecified atom stereocenters. The van der Waals surface area contributed by atoms with E-state index in [1.807, 2.05) is 68.4 Å². The molecule has 0 spiro atoms. The first kappa shape index (κ1) is 22.6. The molecule has 2 amide bonds. The number of carbonyl (C=O) groups excluding carboxylic acids is 2. The van der Waals surface area contributed by atoms with Crippen LogP contribution in [0.3, 0.4) is 0 Å². The summed E-state index contributed by atoms with van der Waals surface area (Å²) in [5.41, 5.74) is 2.30. The van der Waals surface area contributed by atoms with Gasteiger partial charge in [-0.15, -0.1) is 0 Å². The van der Waals surface area contributed by atoms with Gasteiger partial charge < -0.3 is 10.2 Å². The summed E-state index contributed by atoms with van der Waals surface area (Å²) >= 11 is 6.40. The number of nitrogens with one attached hydrogen (secondary N) is 1. The van der Waals surface area contributed by atoms with E-state index in [9.17, 15) is 9.59 Å². The van der Waals surface area contributed by atoms with Crippen molar-refractivity contribution in [3.05, 3.63) is 65.7 Å². The number of amides is 2. The lowest BCUT2D eigenvalue weighted by Crippen LogP contribution is -2.38. The van der Waals surface area contributed by atoms with E-state index in [4.69, 9.17) is 11.6 Å². The molecule has 0 atom stereocenters. The van der Waals surface area contributed by atoms with Gasteiger partial charge in [0.15, 0.2) is 0 Å². The molecule has 1 N–H and O–H groups in total. The van der Waals surface area contributed by atoms with Gasteiger partial charge in [-0.1, -0.05) is 67.9 Å². The molecule has 0 aliphatic carbocycles. The molecule has 0 fully saturated rings. The summed E-state index contributed by atoms with van der Waals surface area (Å²) in [6, 6.07) is 18.9. The highest BCUT2D eigenvalue weighted by atomic mass is 35.5. The molecule has 6 nitrogen and oxygen atoms in total. The van der Waals surface area contributed by atoms with Gasteiger partial charge in [-0.05, 0) is 25.0 Å². The number of nitrogens with zero attached hydrogens (tertiary/aromatic N) is 3. The number of halogens is 1. The average Bonchev–Trinajstić information content (AvgIpc) is 3.18. The summed E-state index contributed by atoms with van der Waals surface area (Å²) in [4.78, 5) is 26.8. The minimum Gasteiger partial charge on any atom is -0.333 e. The Morgan fingerprint density at radius 1 is 1.03 bits per heavy atom. The lowest BCUT2D eigenvalue weighted by atomic mass is 10.1. The normalized spacial score (nSPS) is 10.7. The zero-order valence-electron chi connectivity index (χ0n) is 17.8. The van der Waals surface area contributed by atoms with E-state index in [2.05, 4.69) is 10.4 Å². The Labute approximate surface area is 187 Å². The summed E-state index contributed by atoms with van der Waals surface area (Å²) in [7, 11) is 0. The maximum atomic E-state index is 12.8. The lowest BCUT2D eigenvalue weighted by Gasteiger charge is -2.21. The molecule has 0 aliphatic heterocycles. The van der Waals surface area contributed by atoms with Crippen LogP contribution < -0.4 is 5.32 Å². The van der Waals surface area contributed by atoms with Gasteiger partial charge in [0.05, 0.1) is 22.9 Å². The van der Waals surface area contributed by atoms with Gasteiger partial charge in [-0.25, -0.2) is 4.68 Å². The van der Waals surface area contributed by atoms with Crippen molar-refractivity contribution in [2.45, 2.75) is 33.1 Å².